The van der Waals surface area contributed by atoms with Crippen LogP contribution in [0.4, 0.5) is 4.39 Å². The third kappa shape index (κ3) is 3.05. The molecule has 2 aromatic rings. The summed E-state index contributed by atoms with van der Waals surface area (Å²) in [6.45, 7) is 6.75. The summed E-state index contributed by atoms with van der Waals surface area (Å²) in [5.74, 6) is 5.47. The number of nitrogens with zero attached hydrogens (tertiary/aromatic N) is 2. The maximum atomic E-state index is 13.4. The van der Waals surface area contributed by atoms with Gasteiger partial charge >= 0.3 is 0 Å². The van der Waals surface area contributed by atoms with Gasteiger partial charge in [0.15, 0.2) is 0 Å². The number of nitrogens with one attached hydrogen (secondary N) is 1. The molecule has 0 saturated heterocycles. The normalized spacial score (nSPS) is 12.7. The second-order valence-corrected chi connectivity index (χ2v) is 5.02. The van der Waals surface area contributed by atoms with Crippen molar-refractivity contribution in [2.45, 2.75) is 39.8 Å². The van der Waals surface area contributed by atoms with Gasteiger partial charge in [-0.2, -0.15) is 5.10 Å². The number of hydrogen-bond acceptors (Lipinski definition) is 3. The van der Waals surface area contributed by atoms with Gasteiger partial charge in [0.25, 0.3) is 0 Å². The van der Waals surface area contributed by atoms with Gasteiger partial charge in [-0.1, -0.05) is 6.07 Å². The summed E-state index contributed by atoms with van der Waals surface area (Å²) in [6, 6.07) is 6.77. The van der Waals surface area contributed by atoms with E-state index in [1.807, 2.05) is 31.5 Å². The van der Waals surface area contributed by atoms with Gasteiger partial charge in [0, 0.05) is 6.54 Å². The summed E-state index contributed by atoms with van der Waals surface area (Å²) in [5, 5.41) is 4.43. The highest BCUT2D eigenvalue weighted by molar-refractivity contribution is 5.29. The Morgan fingerprint density at radius 3 is 2.75 bits per heavy atom. The number of aryl methyl sites for hydroxylation is 3. The van der Waals surface area contributed by atoms with Crippen molar-refractivity contribution < 1.29 is 4.39 Å². The van der Waals surface area contributed by atoms with Crippen molar-refractivity contribution in [2.24, 2.45) is 5.84 Å². The van der Waals surface area contributed by atoms with Crippen LogP contribution in [0.2, 0.25) is 0 Å². The van der Waals surface area contributed by atoms with Gasteiger partial charge in [-0.3, -0.25) is 16.0 Å². The summed E-state index contributed by atoms with van der Waals surface area (Å²) < 4.78 is 15.3. The van der Waals surface area contributed by atoms with Crippen LogP contribution in [0.25, 0.3) is 0 Å². The minimum atomic E-state index is -0.221. The molecule has 0 saturated carbocycles. The Balaban J connectivity index is 2.30. The molecule has 0 fully saturated rings. The predicted molar refractivity (Wildman–Crippen MR) is 77.5 cm³/mol. The van der Waals surface area contributed by atoms with Crippen LogP contribution < -0.4 is 11.3 Å². The Kier molecular flexibility index (Phi) is 4.52. The largest absolute Gasteiger partial charge is 0.271 e. The molecule has 1 aromatic carbocycles. The van der Waals surface area contributed by atoms with Crippen LogP contribution in [0.3, 0.4) is 0 Å². The SMILES string of the molecule is CCn1nc(C)cc1C(Cc1cc(F)ccc1C)NN. The lowest BCUT2D eigenvalue weighted by Gasteiger charge is -2.18. The molecule has 0 radical (unpaired) electrons. The third-order valence-electron chi connectivity index (χ3n) is 3.53. The van der Waals surface area contributed by atoms with Crippen molar-refractivity contribution >= 4 is 0 Å². The lowest BCUT2D eigenvalue weighted by molar-refractivity contribution is 0.488. The molecule has 4 nitrogen and oxygen atoms in total. The van der Waals surface area contributed by atoms with Gasteiger partial charge in [0.2, 0.25) is 0 Å². The topological polar surface area (TPSA) is 55.9 Å². The van der Waals surface area contributed by atoms with Crippen LogP contribution in [0.5, 0.6) is 0 Å². The van der Waals surface area contributed by atoms with E-state index < -0.39 is 0 Å². The summed E-state index contributed by atoms with van der Waals surface area (Å²) in [7, 11) is 0. The molecule has 0 aliphatic heterocycles. The smallest absolute Gasteiger partial charge is 0.123 e. The molecule has 0 amide bonds. The first kappa shape index (κ1) is 14.7. The summed E-state index contributed by atoms with van der Waals surface area (Å²) in [4.78, 5) is 0. The minimum absolute atomic E-state index is 0.0864. The molecule has 3 N–H and O–H groups in total. The van der Waals surface area contributed by atoms with Crippen molar-refractivity contribution in [3.05, 3.63) is 52.6 Å². The molecule has 2 rings (SSSR count). The molecule has 1 heterocycles. The maximum Gasteiger partial charge on any atom is 0.123 e. The van der Waals surface area contributed by atoms with Gasteiger partial charge in [-0.15, -0.1) is 0 Å². The van der Waals surface area contributed by atoms with E-state index in [4.69, 9.17) is 5.84 Å². The van der Waals surface area contributed by atoms with E-state index in [0.717, 1.165) is 29.1 Å². The molecule has 5 heteroatoms. The monoisotopic (exact) mass is 276 g/mol. The zero-order chi connectivity index (χ0) is 14.7. The molecule has 0 aliphatic rings. The number of hydrogen-bond donors (Lipinski definition) is 2. The molecule has 1 aromatic heterocycles. The first-order valence-electron chi connectivity index (χ1n) is 6.80. The average molecular weight is 276 g/mol. The molecular weight excluding hydrogens is 255 g/mol. The zero-order valence-corrected chi connectivity index (χ0v) is 12.2. The van der Waals surface area contributed by atoms with Crippen molar-refractivity contribution in [3.63, 3.8) is 0 Å². The lowest BCUT2D eigenvalue weighted by atomic mass is 9.99. The van der Waals surface area contributed by atoms with Gasteiger partial charge < -0.3 is 0 Å². The highest BCUT2D eigenvalue weighted by Gasteiger charge is 2.17. The lowest BCUT2D eigenvalue weighted by Crippen LogP contribution is -2.31. The second-order valence-electron chi connectivity index (χ2n) is 5.02. The Labute approximate surface area is 118 Å². The Bertz CT molecular complexity index is 592. The van der Waals surface area contributed by atoms with E-state index in [1.165, 1.54) is 6.07 Å². The van der Waals surface area contributed by atoms with Crippen LogP contribution in [0.1, 0.15) is 35.5 Å². The van der Waals surface area contributed by atoms with Crippen molar-refractivity contribution in [1.29, 1.82) is 0 Å². The maximum absolute atomic E-state index is 13.4. The second kappa shape index (κ2) is 6.15. The number of halogens is 1. The van der Waals surface area contributed by atoms with E-state index >= 15 is 0 Å². The Morgan fingerprint density at radius 2 is 2.10 bits per heavy atom. The van der Waals surface area contributed by atoms with Crippen LogP contribution >= 0.6 is 0 Å². The van der Waals surface area contributed by atoms with Crippen LogP contribution in [0, 0.1) is 19.7 Å². The van der Waals surface area contributed by atoms with Gasteiger partial charge in [-0.05, 0) is 56.5 Å². The van der Waals surface area contributed by atoms with E-state index in [0.29, 0.717) is 6.42 Å². The highest BCUT2D eigenvalue weighted by Crippen LogP contribution is 2.21. The summed E-state index contributed by atoms with van der Waals surface area (Å²) >= 11 is 0. The fourth-order valence-electron chi connectivity index (χ4n) is 2.43. The van der Waals surface area contributed by atoms with E-state index in [1.54, 1.807) is 12.1 Å². The van der Waals surface area contributed by atoms with Crippen molar-refractivity contribution in [2.75, 3.05) is 0 Å². The van der Waals surface area contributed by atoms with E-state index in [2.05, 4.69) is 10.5 Å². The predicted octanol–water partition coefficient (Wildman–Crippen LogP) is 2.41. The summed E-state index contributed by atoms with van der Waals surface area (Å²) in [5.41, 5.74) is 6.81. The number of benzene rings is 1. The fraction of sp³-hybridized carbons (Fsp3) is 0.400. The van der Waals surface area contributed by atoms with Gasteiger partial charge in [0.1, 0.15) is 5.82 Å². The van der Waals surface area contributed by atoms with E-state index in [-0.39, 0.29) is 11.9 Å². The Hall–Kier alpha value is -1.72. The van der Waals surface area contributed by atoms with Crippen LogP contribution in [-0.4, -0.2) is 9.78 Å². The number of aromatic nitrogens is 2. The minimum Gasteiger partial charge on any atom is -0.271 e. The Morgan fingerprint density at radius 1 is 1.35 bits per heavy atom. The molecule has 20 heavy (non-hydrogen) atoms. The fourth-order valence-corrected chi connectivity index (χ4v) is 2.43. The number of rotatable bonds is 5. The standard InChI is InChI=1S/C15H21FN4/c1-4-20-15(7-11(3)19-20)14(18-17)9-12-8-13(16)6-5-10(12)2/h5-8,14,18H,4,9,17H2,1-3H3. The van der Waals surface area contributed by atoms with Crippen molar-refractivity contribution in [1.82, 2.24) is 15.2 Å². The molecule has 0 bridgehead atoms. The molecule has 1 unspecified atom stereocenters. The highest BCUT2D eigenvalue weighted by atomic mass is 19.1. The van der Waals surface area contributed by atoms with Gasteiger partial charge in [-0.25, -0.2) is 4.39 Å². The number of hydrazine groups is 1. The molecule has 1 atom stereocenters. The molecule has 0 spiro atoms. The van der Waals surface area contributed by atoms with Crippen molar-refractivity contribution in [3.8, 4) is 0 Å². The van der Waals surface area contributed by atoms with Crippen LogP contribution in [-0.2, 0) is 13.0 Å². The van der Waals surface area contributed by atoms with E-state index in [9.17, 15) is 4.39 Å². The number of nitrogens with two attached hydrogens (primary N) is 1. The quantitative estimate of drug-likeness (QED) is 0.651. The van der Waals surface area contributed by atoms with Gasteiger partial charge in [0.05, 0.1) is 17.4 Å². The summed E-state index contributed by atoms with van der Waals surface area (Å²) in [6.07, 6.45) is 0.630. The third-order valence-corrected chi connectivity index (χ3v) is 3.53. The first-order valence-corrected chi connectivity index (χ1v) is 6.80. The molecule has 0 aliphatic carbocycles. The first-order chi connectivity index (χ1) is 9.55. The zero-order valence-electron chi connectivity index (χ0n) is 12.2. The molecule has 108 valence electrons. The molecular formula is C15H21FN4. The average Bonchev–Trinajstić information content (AvgIpc) is 2.80. The van der Waals surface area contributed by atoms with Crippen LogP contribution in [0.15, 0.2) is 24.3 Å².